The minimum atomic E-state index is 0.887. The molecule has 0 aliphatic rings. The fourth-order valence-corrected chi connectivity index (χ4v) is 1.95. The summed E-state index contributed by atoms with van der Waals surface area (Å²) in [5.41, 5.74) is 2.06. The van der Waals surface area contributed by atoms with Crippen LogP contribution in [0.4, 0.5) is 5.82 Å². The number of nitrogens with one attached hydrogen (secondary N) is 1. The molecule has 98 valence electrons. The molecule has 0 atom stereocenters. The first-order valence-corrected chi connectivity index (χ1v) is 6.33. The van der Waals surface area contributed by atoms with Crippen molar-refractivity contribution < 1.29 is 0 Å². The first-order chi connectivity index (χ1) is 8.68. The van der Waals surface area contributed by atoms with Gasteiger partial charge in [0, 0.05) is 19.8 Å². The number of aromatic nitrogens is 3. The lowest BCUT2D eigenvalue weighted by Crippen LogP contribution is -2.14. The molecular weight excluding hydrogens is 226 g/mol. The molecule has 2 rings (SSSR count). The molecule has 2 heterocycles. The summed E-state index contributed by atoms with van der Waals surface area (Å²) < 4.78 is 2.01. The molecule has 0 aliphatic heterocycles. The number of hydrogen-bond donors (Lipinski definition) is 1. The molecule has 5 nitrogen and oxygen atoms in total. The van der Waals surface area contributed by atoms with Crippen LogP contribution in [0, 0.1) is 0 Å². The van der Waals surface area contributed by atoms with E-state index in [4.69, 9.17) is 0 Å². The summed E-state index contributed by atoms with van der Waals surface area (Å²) in [4.78, 5) is 10.9. The van der Waals surface area contributed by atoms with Gasteiger partial charge in [-0.15, -0.1) is 0 Å². The van der Waals surface area contributed by atoms with Gasteiger partial charge in [0.25, 0.3) is 0 Å². The van der Waals surface area contributed by atoms with E-state index in [0.29, 0.717) is 0 Å². The van der Waals surface area contributed by atoms with Gasteiger partial charge in [0.1, 0.15) is 5.52 Å². The van der Waals surface area contributed by atoms with Crippen LogP contribution in [-0.4, -0.2) is 46.6 Å². The van der Waals surface area contributed by atoms with E-state index in [1.54, 1.807) is 0 Å². The molecule has 5 heteroatoms. The average Bonchev–Trinajstić information content (AvgIpc) is 2.71. The van der Waals surface area contributed by atoms with E-state index in [1.165, 1.54) is 6.42 Å². The second-order valence-electron chi connectivity index (χ2n) is 4.82. The predicted octanol–water partition coefficient (Wildman–Crippen LogP) is 1.72. The Bertz CT molecular complexity index is 503. The summed E-state index contributed by atoms with van der Waals surface area (Å²) >= 11 is 0. The Balaban J connectivity index is 1.92. The number of aryl methyl sites for hydroxylation is 1. The maximum Gasteiger partial charge on any atom is 0.154 e. The Kier molecular flexibility index (Phi) is 4.15. The van der Waals surface area contributed by atoms with Crippen molar-refractivity contribution in [2.45, 2.75) is 12.8 Å². The molecule has 0 spiro atoms. The number of hydrogen-bond acceptors (Lipinski definition) is 4. The standard InChI is InChI=1S/C13H21N5/c1-17(2)9-5-4-7-14-13-12-11(6-8-15-13)18(3)10-16-12/h6,8,10H,4-5,7,9H2,1-3H3,(H,14,15). The fourth-order valence-electron chi connectivity index (χ4n) is 1.95. The second-order valence-corrected chi connectivity index (χ2v) is 4.82. The molecule has 2 aromatic rings. The van der Waals surface area contributed by atoms with Crippen LogP contribution in [0.5, 0.6) is 0 Å². The van der Waals surface area contributed by atoms with Crippen LogP contribution in [0.25, 0.3) is 11.0 Å². The zero-order valence-electron chi connectivity index (χ0n) is 11.3. The average molecular weight is 247 g/mol. The van der Waals surface area contributed by atoms with Gasteiger partial charge >= 0.3 is 0 Å². The third-order valence-corrected chi connectivity index (χ3v) is 2.97. The first kappa shape index (κ1) is 12.8. The van der Waals surface area contributed by atoms with Crippen molar-refractivity contribution in [3.05, 3.63) is 18.6 Å². The van der Waals surface area contributed by atoms with Crippen molar-refractivity contribution in [3.8, 4) is 0 Å². The first-order valence-electron chi connectivity index (χ1n) is 6.33. The van der Waals surface area contributed by atoms with Gasteiger partial charge in [-0.05, 0) is 39.5 Å². The normalized spacial score (nSPS) is 11.3. The van der Waals surface area contributed by atoms with E-state index in [0.717, 1.165) is 36.4 Å². The van der Waals surface area contributed by atoms with Crippen LogP contribution in [-0.2, 0) is 7.05 Å². The van der Waals surface area contributed by atoms with Gasteiger partial charge in [-0.2, -0.15) is 0 Å². The zero-order chi connectivity index (χ0) is 13.0. The SMILES string of the molecule is CN(C)CCCCNc1nccc2c1ncn2C. The quantitative estimate of drug-likeness (QED) is 0.790. The molecule has 0 fully saturated rings. The fraction of sp³-hybridized carbons (Fsp3) is 0.538. The van der Waals surface area contributed by atoms with Gasteiger partial charge < -0.3 is 14.8 Å². The summed E-state index contributed by atoms with van der Waals surface area (Å²) in [5.74, 6) is 0.887. The number of nitrogens with zero attached hydrogens (tertiary/aromatic N) is 4. The Morgan fingerprint density at radius 2 is 2.11 bits per heavy atom. The van der Waals surface area contributed by atoms with Crippen molar-refractivity contribution in [2.24, 2.45) is 7.05 Å². The molecule has 0 amide bonds. The molecule has 2 aromatic heterocycles. The van der Waals surface area contributed by atoms with Crippen molar-refractivity contribution in [2.75, 3.05) is 32.5 Å². The van der Waals surface area contributed by atoms with E-state index in [2.05, 4.69) is 34.3 Å². The van der Waals surface area contributed by atoms with Crippen LogP contribution >= 0.6 is 0 Å². The van der Waals surface area contributed by atoms with Crippen LogP contribution in [0.1, 0.15) is 12.8 Å². The topological polar surface area (TPSA) is 46.0 Å². The minimum absolute atomic E-state index is 0.887. The van der Waals surface area contributed by atoms with E-state index in [9.17, 15) is 0 Å². The van der Waals surface area contributed by atoms with Crippen molar-refractivity contribution in [3.63, 3.8) is 0 Å². The lowest BCUT2D eigenvalue weighted by atomic mass is 10.3. The van der Waals surface area contributed by atoms with E-state index >= 15 is 0 Å². The second kappa shape index (κ2) is 5.82. The Morgan fingerprint density at radius 1 is 1.28 bits per heavy atom. The van der Waals surface area contributed by atoms with Crippen molar-refractivity contribution in [1.82, 2.24) is 19.4 Å². The van der Waals surface area contributed by atoms with Crippen LogP contribution in [0.3, 0.4) is 0 Å². The minimum Gasteiger partial charge on any atom is -0.368 e. The van der Waals surface area contributed by atoms with E-state index < -0.39 is 0 Å². The van der Waals surface area contributed by atoms with E-state index in [-0.39, 0.29) is 0 Å². The number of pyridine rings is 1. The van der Waals surface area contributed by atoms with Gasteiger partial charge in [0.2, 0.25) is 0 Å². The zero-order valence-corrected chi connectivity index (χ0v) is 11.3. The molecule has 18 heavy (non-hydrogen) atoms. The predicted molar refractivity (Wildman–Crippen MR) is 74.8 cm³/mol. The molecular formula is C13H21N5. The molecule has 0 radical (unpaired) electrons. The molecule has 0 aliphatic carbocycles. The summed E-state index contributed by atoms with van der Waals surface area (Å²) in [6, 6.07) is 1.99. The lowest BCUT2D eigenvalue weighted by Gasteiger charge is -2.09. The highest BCUT2D eigenvalue weighted by Crippen LogP contribution is 2.18. The van der Waals surface area contributed by atoms with Crippen LogP contribution in [0.15, 0.2) is 18.6 Å². The molecule has 0 unspecified atom stereocenters. The van der Waals surface area contributed by atoms with Crippen molar-refractivity contribution in [1.29, 1.82) is 0 Å². The Morgan fingerprint density at radius 3 is 2.89 bits per heavy atom. The van der Waals surface area contributed by atoms with E-state index in [1.807, 2.05) is 30.2 Å². The Hall–Kier alpha value is -1.62. The van der Waals surface area contributed by atoms with Crippen LogP contribution in [0.2, 0.25) is 0 Å². The van der Waals surface area contributed by atoms with Gasteiger partial charge in [-0.25, -0.2) is 9.97 Å². The Labute approximate surface area is 108 Å². The summed E-state index contributed by atoms with van der Waals surface area (Å²) in [6.45, 7) is 2.07. The smallest absolute Gasteiger partial charge is 0.154 e. The van der Waals surface area contributed by atoms with Gasteiger partial charge in [0.05, 0.1) is 11.8 Å². The third kappa shape index (κ3) is 2.98. The number of imidazole rings is 1. The maximum absolute atomic E-state index is 4.38. The molecule has 1 N–H and O–H groups in total. The molecule has 0 aromatic carbocycles. The van der Waals surface area contributed by atoms with Crippen molar-refractivity contribution >= 4 is 16.9 Å². The van der Waals surface area contributed by atoms with Gasteiger partial charge in [0.15, 0.2) is 5.82 Å². The summed E-state index contributed by atoms with van der Waals surface area (Å²) in [7, 11) is 6.20. The highest BCUT2D eigenvalue weighted by atomic mass is 15.1. The highest BCUT2D eigenvalue weighted by molar-refractivity contribution is 5.85. The third-order valence-electron chi connectivity index (χ3n) is 2.97. The molecule has 0 saturated heterocycles. The number of unbranched alkanes of at least 4 members (excludes halogenated alkanes) is 1. The van der Waals surface area contributed by atoms with Gasteiger partial charge in [-0.3, -0.25) is 0 Å². The largest absolute Gasteiger partial charge is 0.368 e. The highest BCUT2D eigenvalue weighted by Gasteiger charge is 2.05. The number of fused-ring (bicyclic) bond motifs is 1. The summed E-state index contributed by atoms with van der Waals surface area (Å²) in [6.07, 6.45) is 5.98. The number of rotatable bonds is 6. The summed E-state index contributed by atoms with van der Waals surface area (Å²) in [5, 5.41) is 3.37. The molecule has 0 saturated carbocycles. The number of anilines is 1. The monoisotopic (exact) mass is 247 g/mol. The molecule has 0 bridgehead atoms. The maximum atomic E-state index is 4.38. The van der Waals surface area contributed by atoms with Crippen LogP contribution < -0.4 is 5.32 Å². The van der Waals surface area contributed by atoms with Gasteiger partial charge in [-0.1, -0.05) is 0 Å². The lowest BCUT2D eigenvalue weighted by molar-refractivity contribution is 0.396.